The second-order valence-corrected chi connectivity index (χ2v) is 5.62. The fourth-order valence-corrected chi connectivity index (χ4v) is 2.67. The number of benzene rings is 1. The Morgan fingerprint density at radius 3 is 2.81 bits per heavy atom. The number of rotatable bonds is 7. The Bertz CT molecular complexity index is 467. The molecule has 1 aliphatic rings. The largest absolute Gasteiger partial charge is 0.496 e. The standard InChI is InChI=1S/C17H25NO3/c1-13-7-8-14(11-16(13)20-2)9-10-18-17(19)12-21-15-5-3-4-6-15/h7-8,11,15H,3-6,9-10,12H2,1-2H3,(H,18,19). The van der Waals surface area contributed by atoms with Crippen LogP contribution in [0, 0.1) is 6.92 Å². The van der Waals surface area contributed by atoms with Gasteiger partial charge in [-0.05, 0) is 43.4 Å². The third kappa shape index (κ3) is 5.05. The molecule has 116 valence electrons. The van der Waals surface area contributed by atoms with Crippen LogP contribution in [0.15, 0.2) is 18.2 Å². The first-order valence-corrected chi connectivity index (χ1v) is 7.71. The second kappa shape index (κ2) is 8.03. The smallest absolute Gasteiger partial charge is 0.246 e. The normalized spacial score (nSPS) is 15.1. The van der Waals surface area contributed by atoms with Gasteiger partial charge in [0.15, 0.2) is 0 Å². The van der Waals surface area contributed by atoms with Gasteiger partial charge in [-0.2, -0.15) is 0 Å². The topological polar surface area (TPSA) is 47.6 Å². The van der Waals surface area contributed by atoms with E-state index in [0.717, 1.165) is 36.1 Å². The van der Waals surface area contributed by atoms with Crippen LogP contribution in [0.5, 0.6) is 5.75 Å². The molecule has 21 heavy (non-hydrogen) atoms. The van der Waals surface area contributed by atoms with Crippen molar-refractivity contribution in [3.63, 3.8) is 0 Å². The van der Waals surface area contributed by atoms with Gasteiger partial charge in [0.25, 0.3) is 0 Å². The van der Waals surface area contributed by atoms with Gasteiger partial charge in [-0.1, -0.05) is 25.0 Å². The Balaban J connectivity index is 1.67. The Hall–Kier alpha value is -1.55. The molecule has 1 aliphatic carbocycles. The van der Waals surface area contributed by atoms with Gasteiger partial charge in [-0.15, -0.1) is 0 Å². The van der Waals surface area contributed by atoms with E-state index >= 15 is 0 Å². The van der Waals surface area contributed by atoms with Crippen LogP contribution in [0.2, 0.25) is 0 Å². The molecule has 2 rings (SSSR count). The van der Waals surface area contributed by atoms with Crippen LogP contribution in [0.25, 0.3) is 0 Å². The first-order chi connectivity index (χ1) is 10.2. The molecule has 1 saturated carbocycles. The Labute approximate surface area is 126 Å². The van der Waals surface area contributed by atoms with Crippen molar-refractivity contribution in [2.24, 2.45) is 0 Å². The van der Waals surface area contributed by atoms with Crippen LogP contribution < -0.4 is 10.1 Å². The molecule has 1 aromatic carbocycles. The van der Waals surface area contributed by atoms with E-state index in [0.29, 0.717) is 6.54 Å². The van der Waals surface area contributed by atoms with E-state index < -0.39 is 0 Å². The third-order valence-electron chi connectivity index (χ3n) is 3.96. The summed E-state index contributed by atoms with van der Waals surface area (Å²) in [5.41, 5.74) is 2.28. The van der Waals surface area contributed by atoms with Gasteiger partial charge in [0.2, 0.25) is 5.91 Å². The Morgan fingerprint density at radius 2 is 2.10 bits per heavy atom. The van der Waals surface area contributed by atoms with E-state index in [1.54, 1.807) is 7.11 Å². The number of nitrogens with one attached hydrogen (secondary N) is 1. The van der Waals surface area contributed by atoms with Crippen molar-refractivity contribution in [2.45, 2.75) is 45.1 Å². The zero-order chi connectivity index (χ0) is 15.1. The predicted molar refractivity (Wildman–Crippen MR) is 82.7 cm³/mol. The van der Waals surface area contributed by atoms with Gasteiger partial charge in [0.05, 0.1) is 13.2 Å². The summed E-state index contributed by atoms with van der Waals surface area (Å²) in [4.78, 5) is 11.7. The molecule has 4 heteroatoms. The van der Waals surface area contributed by atoms with Gasteiger partial charge in [0.1, 0.15) is 12.4 Å². The molecule has 0 spiro atoms. The highest BCUT2D eigenvalue weighted by Crippen LogP contribution is 2.20. The lowest BCUT2D eigenvalue weighted by Crippen LogP contribution is -2.30. The number of amides is 1. The molecule has 4 nitrogen and oxygen atoms in total. The molecule has 0 bridgehead atoms. The van der Waals surface area contributed by atoms with Crippen LogP contribution in [-0.4, -0.2) is 32.3 Å². The van der Waals surface area contributed by atoms with Crippen molar-refractivity contribution in [1.29, 1.82) is 0 Å². The molecule has 0 aliphatic heterocycles. The number of hydrogen-bond acceptors (Lipinski definition) is 3. The average molecular weight is 291 g/mol. The molecule has 0 unspecified atom stereocenters. The monoisotopic (exact) mass is 291 g/mol. The minimum absolute atomic E-state index is 0.0269. The fraction of sp³-hybridized carbons (Fsp3) is 0.588. The molecule has 0 aromatic heterocycles. The molecule has 1 N–H and O–H groups in total. The van der Waals surface area contributed by atoms with E-state index in [4.69, 9.17) is 9.47 Å². The Kier molecular flexibility index (Phi) is 6.05. The maximum absolute atomic E-state index is 11.7. The van der Waals surface area contributed by atoms with E-state index in [1.165, 1.54) is 12.8 Å². The molecule has 1 fully saturated rings. The summed E-state index contributed by atoms with van der Waals surface area (Å²) < 4.78 is 10.9. The predicted octanol–water partition coefficient (Wildman–Crippen LogP) is 2.62. The lowest BCUT2D eigenvalue weighted by Gasteiger charge is -2.11. The van der Waals surface area contributed by atoms with Crippen LogP contribution in [0.3, 0.4) is 0 Å². The number of ether oxygens (including phenoxy) is 2. The first-order valence-electron chi connectivity index (χ1n) is 7.71. The van der Waals surface area contributed by atoms with Crippen LogP contribution >= 0.6 is 0 Å². The van der Waals surface area contributed by atoms with Crippen LogP contribution in [0.1, 0.15) is 36.8 Å². The molecule has 0 heterocycles. The van der Waals surface area contributed by atoms with Crippen LogP contribution in [0.4, 0.5) is 0 Å². The quantitative estimate of drug-likeness (QED) is 0.840. The lowest BCUT2D eigenvalue weighted by atomic mass is 10.1. The minimum Gasteiger partial charge on any atom is -0.496 e. The van der Waals surface area contributed by atoms with Crippen molar-refractivity contribution in [2.75, 3.05) is 20.3 Å². The fourth-order valence-electron chi connectivity index (χ4n) is 2.67. The zero-order valence-electron chi connectivity index (χ0n) is 13.0. The lowest BCUT2D eigenvalue weighted by molar-refractivity contribution is -0.127. The van der Waals surface area contributed by atoms with Gasteiger partial charge in [-0.25, -0.2) is 0 Å². The summed E-state index contributed by atoms with van der Waals surface area (Å²) in [6.07, 6.45) is 5.72. The van der Waals surface area contributed by atoms with Crippen molar-refractivity contribution in [3.8, 4) is 5.75 Å². The van der Waals surface area contributed by atoms with Gasteiger partial charge < -0.3 is 14.8 Å². The SMILES string of the molecule is COc1cc(CCNC(=O)COC2CCCC2)ccc1C. The summed E-state index contributed by atoms with van der Waals surface area (Å²) in [5.74, 6) is 0.865. The number of aryl methyl sites for hydroxylation is 1. The highest BCUT2D eigenvalue weighted by molar-refractivity contribution is 5.77. The summed E-state index contributed by atoms with van der Waals surface area (Å²) in [6.45, 7) is 2.83. The third-order valence-corrected chi connectivity index (χ3v) is 3.96. The van der Waals surface area contributed by atoms with Crippen LogP contribution in [-0.2, 0) is 16.0 Å². The number of carbonyl (C=O) groups is 1. The van der Waals surface area contributed by atoms with Gasteiger partial charge in [-0.3, -0.25) is 4.79 Å². The number of hydrogen-bond donors (Lipinski definition) is 1. The first kappa shape index (κ1) is 15.8. The maximum Gasteiger partial charge on any atom is 0.246 e. The van der Waals surface area contributed by atoms with Crippen molar-refractivity contribution < 1.29 is 14.3 Å². The average Bonchev–Trinajstić information content (AvgIpc) is 3.00. The van der Waals surface area contributed by atoms with Crippen molar-refractivity contribution >= 4 is 5.91 Å². The molecule has 1 amide bonds. The summed E-state index contributed by atoms with van der Waals surface area (Å²) in [6, 6.07) is 6.13. The second-order valence-electron chi connectivity index (χ2n) is 5.62. The summed E-state index contributed by atoms with van der Waals surface area (Å²) >= 11 is 0. The maximum atomic E-state index is 11.7. The van der Waals surface area contributed by atoms with Gasteiger partial charge >= 0.3 is 0 Å². The van der Waals surface area contributed by atoms with Gasteiger partial charge in [0, 0.05) is 6.54 Å². The molecule has 1 aromatic rings. The Morgan fingerprint density at radius 1 is 1.33 bits per heavy atom. The molecule has 0 radical (unpaired) electrons. The molecule has 0 atom stereocenters. The summed E-state index contributed by atoms with van der Waals surface area (Å²) in [7, 11) is 1.67. The molecular formula is C17H25NO3. The van der Waals surface area contributed by atoms with E-state index in [2.05, 4.69) is 11.4 Å². The zero-order valence-corrected chi connectivity index (χ0v) is 13.0. The van der Waals surface area contributed by atoms with Crippen molar-refractivity contribution in [3.05, 3.63) is 29.3 Å². The summed E-state index contributed by atoms with van der Waals surface area (Å²) in [5, 5.41) is 2.90. The number of carbonyl (C=O) groups excluding carboxylic acids is 1. The van der Waals surface area contributed by atoms with E-state index in [9.17, 15) is 4.79 Å². The van der Waals surface area contributed by atoms with E-state index in [1.807, 2.05) is 19.1 Å². The molecule has 0 saturated heterocycles. The highest BCUT2D eigenvalue weighted by Gasteiger charge is 2.16. The van der Waals surface area contributed by atoms with E-state index in [-0.39, 0.29) is 18.6 Å². The minimum atomic E-state index is -0.0269. The highest BCUT2D eigenvalue weighted by atomic mass is 16.5. The molecular weight excluding hydrogens is 266 g/mol. The number of methoxy groups -OCH3 is 1. The van der Waals surface area contributed by atoms with Crippen molar-refractivity contribution in [1.82, 2.24) is 5.32 Å².